The molecule has 0 aliphatic carbocycles. The summed E-state index contributed by atoms with van der Waals surface area (Å²) in [5.41, 5.74) is 14.5. The predicted molar refractivity (Wildman–Crippen MR) is 223 cm³/mol. The number of nitrogens with zero attached hydrogens (tertiary/aromatic N) is 2. The van der Waals surface area contributed by atoms with Crippen molar-refractivity contribution in [3.8, 4) is 44.5 Å². The molecule has 0 saturated heterocycles. The standard InChI is InChI=1S/C46H26N2O2S.C2H6/c1-5-27(21-29(7-1)31-11-15-39-37(25-31)45-41(49-39)9-3-19-47-45)28-6-2-8-30(22-28)33-13-17-43-35(23-33)36-24-34(14-18-44(36)51-43)32-12-16-40-38(26-32)46-42(50-40)10-4-20-48-46;1-2/h1-26H;1-2H3. The van der Waals surface area contributed by atoms with Gasteiger partial charge in [0.05, 0.1) is 0 Å². The van der Waals surface area contributed by atoms with E-state index >= 15 is 0 Å². The largest absolute Gasteiger partial charge is 0.454 e. The van der Waals surface area contributed by atoms with Crippen LogP contribution < -0.4 is 0 Å². The van der Waals surface area contributed by atoms with Crippen LogP contribution in [0, 0.1) is 0 Å². The van der Waals surface area contributed by atoms with Crippen LogP contribution in [-0.4, -0.2) is 9.97 Å². The second-order valence-corrected chi connectivity index (χ2v) is 14.1. The van der Waals surface area contributed by atoms with Gasteiger partial charge >= 0.3 is 0 Å². The molecule has 0 aliphatic rings. The molecule has 5 heteroatoms. The summed E-state index contributed by atoms with van der Waals surface area (Å²) in [5.74, 6) is 0. The number of hydrogen-bond acceptors (Lipinski definition) is 5. The molecule has 5 aromatic heterocycles. The van der Waals surface area contributed by atoms with Crippen LogP contribution in [0.2, 0.25) is 0 Å². The highest BCUT2D eigenvalue weighted by Gasteiger charge is 2.14. The van der Waals surface area contributed by atoms with Crippen molar-refractivity contribution in [2.75, 3.05) is 0 Å². The number of aromatic nitrogens is 2. The Bertz CT molecular complexity index is 3170. The Labute approximate surface area is 309 Å². The minimum absolute atomic E-state index is 0.808. The Morgan fingerprint density at radius 3 is 1.17 bits per heavy atom. The molecule has 53 heavy (non-hydrogen) atoms. The third kappa shape index (κ3) is 5.28. The smallest absolute Gasteiger partial charge is 0.153 e. The summed E-state index contributed by atoms with van der Waals surface area (Å²) in [4.78, 5) is 9.17. The van der Waals surface area contributed by atoms with Gasteiger partial charge in [0.2, 0.25) is 0 Å². The highest BCUT2D eigenvalue weighted by Crippen LogP contribution is 2.40. The molecule has 0 radical (unpaired) electrons. The highest BCUT2D eigenvalue weighted by atomic mass is 32.1. The van der Waals surface area contributed by atoms with Crippen molar-refractivity contribution in [1.82, 2.24) is 9.97 Å². The number of furan rings is 2. The summed E-state index contributed by atoms with van der Waals surface area (Å²) in [7, 11) is 0. The molecule has 4 nitrogen and oxygen atoms in total. The van der Waals surface area contributed by atoms with E-state index in [4.69, 9.17) is 8.83 Å². The molecule has 0 atom stereocenters. The second-order valence-electron chi connectivity index (χ2n) is 13.0. The molecular weight excluding hydrogens is 669 g/mol. The number of thiophene rings is 1. The zero-order chi connectivity index (χ0) is 35.5. The maximum atomic E-state index is 6.03. The summed E-state index contributed by atoms with van der Waals surface area (Å²) >= 11 is 1.84. The molecule has 0 saturated carbocycles. The fraction of sp³-hybridized carbons (Fsp3) is 0.0417. The Kier molecular flexibility index (Phi) is 7.41. The number of benzene rings is 6. The fourth-order valence-corrected chi connectivity index (χ4v) is 8.51. The third-order valence-electron chi connectivity index (χ3n) is 9.98. The molecule has 0 N–H and O–H groups in total. The summed E-state index contributed by atoms with van der Waals surface area (Å²) < 4.78 is 14.6. The monoisotopic (exact) mass is 700 g/mol. The van der Waals surface area contributed by atoms with E-state index in [-0.39, 0.29) is 0 Å². The van der Waals surface area contributed by atoms with Gasteiger partial charge in [-0.05, 0) is 129 Å². The molecule has 6 aromatic carbocycles. The van der Waals surface area contributed by atoms with E-state index in [1.54, 1.807) is 0 Å². The average Bonchev–Trinajstić information content (AvgIpc) is 3.92. The lowest BCUT2D eigenvalue weighted by atomic mass is 9.95. The molecule has 11 rings (SSSR count). The Hall–Kier alpha value is -6.56. The highest BCUT2D eigenvalue weighted by molar-refractivity contribution is 7.25. The summed E-state index contributed by atoms with van der Waals surface area (Å²) in [6.45, 7) is 4.00. The zero-order valence-corrected chi connectivity index (χ0v) is 29.9. The summed E-state index contributed by atoms with van der Waals surface area (Å²) in [5, 5.41) is 4.61. The van der Waals surface area contributed by atoms with E-state index < -0.39 is 0 Å². The first-order chi connectivity index (χ1) is 26.2. The van der Waals surface area contributed by atoms with Crippen LogP contribution in [0.4, 0.5) is 0 Å². The molecule has 0 amide bonds. The molecule has 252 valence electrons. The quantitative estimate of drug-likeness (QED) is 0.183. The van der Waals surface area contributed by atoms with Crippen molar-refractivity contribution < 1.29 is 8.83 Å². The van der Waals surface area contributed by atoms with Gasteiger partial charge in [0.25, 0.3) is 0 Å². The van der Waals surface area contributed by atoms with Gasteiger partial charge in [-0.3, -0.25) is 9.97 Å². The van der Waals surface area contributed by atoms with Crippen LogP contribution >= 0.6 is 11.3 Å². The summed E-state index contributed by atoms with van der Waals surface area (Å²) in [6, 6.07) is 51.8. The van der Waals surface area contributed by atoms with Crippen LogP contribution in [0.3, 0.4) is 0 Å². The van der Waals surface area contributed by atoms with Crippen molar-refractivity contribution in [3.05, 3.63) is 158 Å². The minimum atomic E-state index is 0.808. The van der Waals surface area contributed by atoms with Crippen LogP contribution in [-0.2, 0) is 0 Å². The van der Waals surface area contributed by atoms with Crippen LogP contribution in [0.1, 0.15) is 13.8 Å². The summed E-state index contributed by atoms with van der Waals surface area (Å²) in [6.07, 6.45) is 3.64. The van der Waals surface area contributed by atoms with Crippen molar-refractivity contribution in [2.24, 2.45) is 0 Å². The second kappa shape index (κ2) is 12.6. The molecule has 11 aromatic rings. The van der Waals surface area contributed by atoms with E-state index in [1.807, 2.05) is 67.9 Å². The maximum absolute atomic E-state index is 6.03. The Morgan fingerprint density at radius 2 is 0.736 bits per heavy atom. The van der Waals surface area contributed by atoms with E-state index in [9.17, 15) is 0 Å². The molecule has 0 unspecified atom stereocenters. The predicted octanol–water partition coefficient (Wildman–Crippen LogP) is 14.3. The SMILES string of the molecule is CC.c1cc(-c2cccc(-c3ccc4oc5cccnc5c4c3)c2)cc(-c2ccc3sc4ccc(-c5ccc6oc7cccnc7c6c5)cc4c3c2)c1. The van der Waals surface area contributed by atoms with Gasteiger partial charge in [0, 0.05) is 43.3 Å². The van der Waals surface area contributed by atoms with Crippen LogP contribution in [0.25, 0.3) is 109 Å². The van der Waals surface area contributed by atoms with E-state index in [1.165, 1.54) is 48.0 Å². The van der Waals surface area contributed by atoms with E-state index in [0.29, 0.717) is 0 Å². The molecule has 0 bridgehead atoms. The van der Waals surface area contributed by atoms with Crippen LogP contribution in [0.5, 0.6) is 0 Å². The lowest BCUT2D eigenvalue weighted by Crippen LogP contribution is -1.84. The van der Waals surface area contributed by atoms with Crippen molar-refractivity contribution in [3.63, 3.8) is 0 Å². The van der Waals surface area contributed by atoms with Gasteiger partial charge in [-0.2, -0.15) is 0 Å². The number of rotatable bonds is 4. The topological polar surface area (TPSA) is 52.1 Å². The van der Waals surface area contributed by atoms with Crippen LogP contribution in [0.15, 0.2) is 167 Å². The van der Waals surface area contributed by atoms with Gasteiger partial charge in [-0.15, -0.1) is 11.3 Å². The maximum Gasteiger partial charge on any atom is 0.153 e. The Morgan fingerprint density at radius 1 is 0.358 bits per heavy atom. The van der Waals surface area contributed by atoms with E-state index in [0.717, 1.165) is 60.8 Å². The lowest BCUT2D eigenvalue weighted by molar-refractivity contribution is 0.668. The van der Waals surface area contributed by atoms with E-state index in [2.05, 4.69) is 125 Å². The van der Waals surface area contributed by atoms with Gasteiger partial charge in [-0.25, -0.2) is 0 Å². The normalized spacial score (nSPS) is 11.6. The fourth-order valence-electron chi connectivity index (χ4n) is 7.45. The van der Waals surface area contributed by atoms with Gasteiger partial charge in [0.1, 0.15) is 22.2 Å². The first-order valence-electron chi connectivity index (χ1n) is 17.9. The molecule has 0 aliphatic heterocycles. The van der Waals surface area contributed by atoms with Crippen molar-refractivity contribution in [2.45, 2.75) is 13.8 Å². The number of pyridine rings is 2. The number of hydrogen-bond donors (Lipinski definition) is 0. The molecule has 0 spiro atoms. The van der Waals surface area contributed by atoms with Gasteiger partial charge in [0.15, 0.2) is 11.2 Å². The minimum Gasteiger partial charge on any atom is -0.454 e. The van der Waals surface area contributed by atoms with Crippen molar-refractivity contribution >= 4 is 75.6 Å². The first kappa shape index (κ1) is 31.2. The molecule has 0 fully saturated rings. The zero-order valence-electron chi connectivity index (χ0n) is 29.1. The first-order valence-corrected chi connectivity index (χ1v) is 18.8. The molecule has 5 heterocycles. The van der Waals surface area contributed by atoms with Crippen molar-refractivity contribution in [1.29, 1.82) is 0 Å². The number of fused-ring (bicyclic) bond motifs is 9. The lowest BCUT2D eigenvalue weighted by Gasteiger charge is -2.09. The van der Waals surface area contributed by atoms with Gasteiger partial charge < -0.3 is 8.83 Å². The average molecular weight is 701 g/mol. The molecular formula is C48H32N2O2S. The Balaban J connectivity index is 0.00000172. The van der Waals surface area contributed by atoms with Gasteiger partial charge in [-0.1, -0.05) is 74.5 Å². The third-order valence-corrected chi connectivity index (χ3v) is 11.1.